The first-order valence-corrected chi connectivity index (χ1v) is 9.00. The Balaban J connectivity index is 3.73. The number of hydrogen-bond acceptors (Lipinski definition) is 2. The van der Waals surface area contributed by atoms with Crippen molar-refractivity contribution in [3.8, 4) is 0 Å². The van der Waals surface area contributed by atoms with E-state index >= 15 is 0 Å². The number of rotatable bonds is 14. The Labute approximate surface area is 152 Å². The van der Waals surface area contributed by atoms with Crippen molar-refractivity contribution in [2.75, 3.05) is 0 Å². The summed E-state index contributed by atoms with van der Waals surface area (Å²) in [6.07, 6.45) is 28.5. The third kappa shape index (κ3) is 19.8. The summed E-state index contributed by atoms with van der Waals surface area (Å²) in [7, 11) is 0. The summed E-state index contributed by atoms with van der Waals surface area (Å²) in [6.45, 7) is 2.13. The minimum atomic E-state index is -0.772. The van der Waals surface area contributed by atoms with E-state index in [0.29, 0.717) is 12.8 Å². The van der Waals surface area contributed by atoms with Crippen LogP contribution < -0.4 is 0 Å². The van der Waals surface area contributed by atoms with Gasteiger partial charge in [-0.25, -0.2) is 0 Å². The monoisotopic (exact) mass is 344 g/mol. The molecule has 0 radical (unpaired) electrons. The number of carboxylic acid groups (broad SMARTS) is 1. The molecule has 0 amide bonds. The number of hydrogen-bond donors (Lipinski definition) is 2. The lowest BCUT2D eigenvalue weighted by molar-refractivity contribution is -0.136. The van der Waals surface area contributed by atoms with Crippen molar-refractivity contribution in [2.45, 2.75) is 58.0 Å². The summed E-state index contributed by atoms with van der Waals surface area (Å²) in [4.78, 5) is 10.3. The van der Waals surface area contributed by atoms with Gasteiger partial charge in [0.05, 0.1) is 6.10 Å². The van der Waals surface area contributed by atoms with Crippen molar-refractivity contribution in [3.05, 3.63) is 72.9 Å². The SMILES string of the molecule is CC/C=C\C/C=C\C/C=C\CC(O)/C=C/C=C\C/C=C\CCC(=O)O. The average Bonchev–Trinajstić information content (AvgIpc) is 2.58. The summed E-state index contributed by atoms with van der Waals surface area (Å²) in [6, 6.07) is 0. The first-order valence-electron chi connectivity index (χ1n) is 9.00. The zero-order valence-electron chi connectivity index (χ0n) is 15.3. The second-order valence-corrected chi connectivity index (χ2v) is 5.55. The number of allylic oxidation sites excluding steroid dienone is 10. The van der Waals surface area contributed by atoms with Crippen LogP contribution in [0.3, 0.4) is 0 Å². The Morgan fingerprint density at radius 3 is 2.12 bits per heavy atom. The Morgan fingerprint density at radius 1 is 0.840 bits per heavy atom. The summed E-state index contributed by atoms with van der Waals surface area (Å²) >= 11 is 0. The molecule has 0 aliphatic carbocycles. The molecule has 3 nitrogen and oxygen atoms in total. The first kappa shape index (κ1) is 22.9. The number of carbonyl (C=O) groups is 1. The molecule has 0 aliphatic rings. The Morgan fingerprint density at radius 2 is 1.44 bits per heavy atom. The summed E-state index contributed by atoms with van der Waals surface area (Å²) in [5.41, 5.74) is 0. The van der Waals surface area contributed by atoms with Crippen LogP contribution in [0, 0.1) is 0 Å². The predicted octanol–water partition coefficient (Wildman–Crippen LogP) is 5.52. The van der Waals surface area contributed by atoms with E-state index < -0.39 is 12.1 Å². The molecule has 0 aliphatic heterocycles. The van der Waals surface area contributed by atoms with Gasteiger partial charge in [-0.15, -0.1) is 0 Å². The van der Waals surface area contributed by atoms with Gasteiger partial charge in [-0.05, 0) is 38.5 Å². The molecule has 0 saturated carbocycles. The molecule has 0 saturated heterocycles. The van der Waals surface area contributed by atoms with Crippen LogP contribution >= 0.6 is 0 Å². The van der Waals surface area contributed by atoms with E-state index in [9.17, 15) is 9.90 Å². The van der Waals surface area contributed by atoms with Gasteiger partial charge in [0.25, 0.3) is 0 Å². The Hall–Kier alpha value is -2.13. The molecule has 3 heteroatoms. The maximum atomic E-state index is 10.3. The van der Waals surface area contributed by atoms with Crippen LogP contribution in [0.5, 0.6) is 0 Å². The molecule has 2 N–H and O–H groups in total. The molecule has 0 bridgehead atoms. The van der Waals surface area contributed by atoms with Crippen molar-refractivity contribution in [1.29, 1.82) is 0 Å². The average molecular weight is 344 g/mol. The summed E-state index contributed by atoms with van der Waals surface area (Å²) in [5.74, 6) is -0.772. The van der Waals surface area contributed by atoms with Gasteiger partial charge in [0, 0.05) is 6.42 Å². The molecule has 0 spiro atoms. The van der Waals surface area contributed by atoms with Crippen molar-refractivity contribution in [1.82, 2.24) is 0 Å². The maximum Gasteiger partial charge on any atom is 0.303 e. The van der Waals surface area contributed by atoms with Gasteiger partial charge < -0.3 is 10.2 Å². The van der Waals surface area contributed by atoms with E-state index in [4.69, 9.17) is 5.11 Å². The molecule has 0 aromatic carbocycles. The summed E-state index contributed by atoms with van der Waals surface area (Å²) in [5, 5.41) is 18.3. The van der Waals surface area contributed by atoms with Crippen molar-refractivity contribution in [2.24, 2.45) is 0 Å². The molecule has 1 unspecified atom stereocenters. The topological polar surface area (TPSA) is 57.5 Å². The third-order valence-corrected chi connectivity index (χ3v) is 3.20. The molecule has 0 aromatic rings. The minimum Gasteiger partial charge on any atom is -0.481 e. The zero-order valence-corrected chi connectivity index (χ0v) is 15.3. The third-order valence-electron chi connectivity index (χ3n) is 3.20. The summed E-state index contributed by atoms with van der Waals surface area (Å²) < 4.78 is 0. The molecule has 0 rings (SSSR count). The van der Waals surface area contributed by atoms with Gasteiger partial charge >= 0.3 is 5.97 Å². The molecular weight excluding hydrogens is 312 g/mol. The number of aliphatic carboxylic acids is 1. The number of aliphatic hydroxyl groups excluding tert-OH is 1. The van der Waals surface area contributed by atoms with E-state index in [1.54, 1.807) is 6.08 Å². The Kier molecular flexibility index (Phi) is 16.7. The standard InChI is InChI=1S/C22H32O3/c1-2-3-4-5-6-7-9-12-15-18-21(23)19-16-13-10-8-11-14-17-20-22(24)25/h3-4,6-7,10-16,19,21,23H,2,5,8-9,17-18,20H2,1H3,(H,24,25)/b4-3-,7-6-,13-10-,14-11-,15-12-,19-16+. The molecule has 138 valence electrons. The lowest BCUT2D eigenvalue weighted by Crippen LogP contribution is -1.98. The maximum absolute atomic E-state index is 10.3. The quantitative estimate of drug-likeness (QED) is 0.322. The van der Waals surface area contributed by atoms with Crippen LogP contribution in [0.1, 0.15) is 51.9 Å². The highest BCUT2D eigenvalue weighted by atomic mass is 16.4. The zero-order chi connectivity index (χ0) is 18.6. The fourth-order valence-corrected chi connectivity index (χ4v) is 1.87. The molecule has 0 heterocycles. The normalized spacial score (nSPS) is 14.3. The van der Waals surface area contributed by atoms with E-state index in [1.807, 2.05) is 36.5 Å². The smallest absolute Gasteiger partial charge is 0.303 e. The second kappa shape index (κ2) is 18.2. The van der Waals surface area contributed by atoms with E-state index in [1.165, 1.54) is 0 Å². The fourth-order valence-electron chi connectivity index (χ4n) is 1.87. The van der Waals surface area contributed by atoms with Gasteiger partial charge in [0.2, 0.25) is 0 Å². The van der Waals surface area contributed by atoms with Crippen LogP contribution in [0.4, 0.5) is 0 Å². The highest BCUT2D eigenvalue weighted by molar-refractivity contribution is 5.66. The van der Waals surface area contributed by atoms with Crippen molar-refractivity contribution in [3.63, 3.8) is 0 Å². The minimum absolute atomic E-state index is 0.172. The first-order chi connectivity index (χ1) is 12.2. The molecule has 0 aromatic heterocycles. The van der Waals surface area contributed by atoms with Crippen LogP contribution in [0.25, 0.3) is 0 Å². The van der Waals surface area contributed by atoms with Crippen LogP contribution in [-0.4, -0.2) is 22.3 Å². The Bertz CT molecular complexity index is 493. The highest BCUT2D eigenvalue weighted by Gasteiger charge is 1.92. The van der Waals surface area contributed by atoms with Crippen LogP contribution in [0.2, 0.25) is 0 Å². The van der Waals surface area contributed by atoms with Crippen LogP contribution in [0.15, 0.2) is 72.9 Å². The van der Waals surface area contributed by atoms with E-state index in [2.05, 4.69) is 37.3 Å². The lowest BCUT2D eigenvalue weighted by atomic mass is 10.2. The highest BCUT2D eigenvalue weighted by Crippen LogP contribution is 1.99. The van der Waals surface area contributed by atoms with Gasteiger partial charge in [-0.2, -0.15) is 0 Å². The fraction of sp³-hybridized carbons (Fsp3) is 0.409. The largest absolute Gasteiger partial charge is 0.481 e. The van der Waals surface area contributed by atoms with Gasteiger partial charge in [-0.1, -0.05) is 79.8 Å². The van der Waals surface area contributed by atoms with Gasteiger partial charge in [0.15, 0.2) is 0 Å². The molecule has 0 fully saturated rings. The van der Waals surface area contributed by atoms with E-state index in [-0.39, 0.29) is 6.42 Å². The molecular formula is C22H32O3. The number of aliphatic hydroxyl groups is 1. The van der Waals surface area contributed by atoms with Gasteiger partial charge in [-0.3, -0.25) is 4.79 Å². The lowest BCUT2D eigenvalue weighted by Gasteiger charge is -1.98. The van der Waals surface area contributed by atoms with E-state index in [0.717, 1.165) is 25.7 Å². The second-order valence-electron chi connectivity index (χ2n) is 5.55. The number of carboxylic acids is 1. The predicted molar refractivity (Wildman–Crippen MR) is 106 cm³/mol. The van der Waals surface area contributed by atoms with Crippen molar-refractivity contribution >= 4 is 5.97 Å². The molecule has 25 heavy (non-hydrogen) atoms. The van der Waals surface area contributed by atoms with Crippen LogP contribution in [-0.2, 0) is 4.79 Å². The van der Waals surface area contributed by atoms with Gasteiger partial charge in [0.1, 0.15) is 0 Å². The van der Waals surface area contributed by atoms with Crippen molar-refractivity contribution < 1.29 is 15.0 Å². The molecule has 1 atom stereocenters.